The topological polar surface area (TPSA) is 180 Å². The van der Waals surface area contributed by atoms with Crippen molar-refractivity contribution in [3.63, 3.8) is 0 Å². The summed E-state index contributed by atoms with van der Waals surface area (Å²) in [5.74, 6) is -2.64. The molecule has 2 rings (SSSR count). The van der Waals surface area contributed by atoms with Crippen LogP contribution in [0.4, 0.5) is 11.4 Å². The summed E-state index contributed by atoms with van der Waals surface area (Å²) in [7, 11) is 0. The van der Waals surface area contributed by atoms with Gasteiger partial charge in [-0.15, -0.1) is 0 Å². The minimum Gasteiger partial charge on any atom is -0.345 e. The van der Waals surface area contributed by atoms with Crippen LogP contribution in [0.2, 0.25) is 0 Å². The molecule has 4 atom stereocenters. The van der Waals surface area contributed by atoms with Crippen molar-refractivity contribution in [2.24, 2.45) is 5.92 Å². The zero-order valence-corrected chi connectivity index (χ0v) is 21.6. The van der Waals surface area contributed by atoms with Crippen LogP contribution in [0.3, 0.4) is 0 Å². The van der Waals surface area contributed by atoms with Gasteiger partial charge in [0.25, 0.3) is 5.69 Å². The lowest BCUT2D eigenvalue weighted by atomic mass is 10.0. The normalized spacial score (nSPS) is 17.4. The molecule has 0 spiro atoms. The van der Waals surface area contributed by atoms with E-state index in [0.29, 0.717) is 25.1 Å². The minimum atomic E-state index is -0.927. The fraction of sp³-hybridized carbons (Fsp3) is 0.542. The summed E-state index contributed by atoms with van der Waals surface area (Å²) in [6.07, 6.45) is 0.976. The highest BCUT2D eigenvalue weighted by atomic mass is 16.6. The standard InChI is InChI=1S/C24H34N6O7/c1-13(2)20(23(34)27-17-8-10-18(11-9-17)30(36)37)28-22(33)19-7-6-12-29(19)24(35)15(4)26-21(32)14(3)25-16(5)31/h8-11,13-15,19-20H,6-7,12H2,1-5H3,(H,25,31)(H,26,32)(H,27,34)(H,28,33)/t14-,15-,19-,20-/m0/s1. The minimum absolute atomic E-state index is 0.118. The van der Waals surface area contributed by atoms with Gasteiger partial charge in [-0.1, -0.05) is 13.8 Å². The number of nitro benzene ring substituents is 1. The van der Waals surface area contributed by atoms with Crippen molar-refractivity contribution in [1.82, 2.24) is 20.9 Å². The van der Waals surface area contributed by atoms with Gasteiger partial charge in [0.2, 0.25) is 29.5 Å². The number of benzene rings is 1. The lowest BCUT2D eigenvalue weighted by molar-refractivity contribution is -0.384. The Hall–Kier alpha value is -4.03. The smallest absolute Gasteiger partial charge is 0.269 e. The summed E-state index contributed by atoms with van der Waals surface area (Å²) in [6, 6.07) is 1.83. The Balaban J connectivity index is 2.04. The number of nitrogens with one attached hydrogen (secondary N) is 4. The Morgan fingerprint density at radius 1 is 0.946 bits per heavy atom. The molecule has 0 unspecified atom stereocenters. The fourth-order valence-corrected chi connectivity index (χ4v) is 3.99. The molecular formula is C24H34N6O7. The van der Waals surface area contributed by atoms with Crippen LogP contribution < -0.4 is 21.3 Å². The molecule has 13 heteroatoms. The fourth-order valence-electron chi connectivity index (χ4n) is 3.99. The first-order valence-electron chi connectivity index (χ1n) is 12.1. The third-order valence-corrected chi connectivity index (χ3v) is 5.97. The van der Waals surface area contributed by atoms with E-state index in [1.165, 1.54) is 49.9 Å². The molecule has 13 nitrogen and oxygen atoms in total. The first-order chi connectivity index (χ1) is 17.3. The third-order valence-electron chi connectivity index (χ3n) is 5.97. The van der Waals surface area contributed by atoms with Crippen molar-refractivity contribution in [1.29, 1.82) is 0 Å². The molecular weight excluding hydrogens is 484 g/mol. The third kappa shape index (κ3) is 7.98. The van der Waals surface area contributed by atoms with Crippen LogP contribution in [0.15, 0.2) is 24.3 Å². The average Bonchev–Trinajstić information content (AvgIpc) is 3.31. The molecule has 0 aliphatic carbocycles. The molecule has 4 N–H and O–H groups in total. The maximum Gasteiger partial charge on any atom is 0.269 e. The number of hydrogen-bond donors (Lipinski definition) is 4. The summed E-state index contributed by atoms with van der Waals surface area (Å²) in [4.78, 5) is 74.1. The van der Waals surface area contributed by atoms with Gasteiger partial charge in [-0.3, -0.25) is 34.1 Å². The second kappa shape index (κ2) is 12.8. The first kappa shape index (κ1) is 29.2. The summed E-state index contributed by atoms with van der Waals surface area (Å²) in [6.45, 7) is 8.11. The SMILES string of the molecule is CC(=O)N[C@@H](C)C(=O)N[C@@H](C)C(=O)N1CCC[C@H]1C(=O)N[C@H](C(=O)Nc1ccc([N+](=O)[O-])cc1)C(C)C. The highest BCUT2D eigenvalue weighted by Gasteiger charge is 2.38. The molecule has 1 aromatic rings. The van der Waals surface area contributed by atoms with Crippen molar-refractivity contribution in [2.45, 2.75) is 71.6 Å². The van der Waals surface area contributed by atoms with E-state index in [2.05, 4.69) is 21.3 Å². The van der Waals surface area contributed by atoms with Crippen molar-refractivity contribution < 1.29 is 28.9 Å². The molecule has 37 heavy (non-hydrogen) atoms. The van der Waals surface area contributed by atoms with E-state index in [4.69, 9.17) is 0 Å². The number of rotatable bonds is 10. The maximum atomic E-state index is 13.1. The van der Waals surface area contributed by atoms with Gasteiger partial charge in [-0.05, 0) is 44.7 Å². The number of amides is 5. The van der Waals surface area contributed by atoms with Crippen molar-refractivity contribution in [3.05, 3.63) is 34.4 Å². The van der Waals surface area contributed by atoms with Crippen molar-refractivity contribution in [2.75, 3.05) is 11.9 Å². The number of non-ortho nitro benzene ring substituents is 1. The quantitative estimate of drug-likeness (QED) is 0.260. The van der Waals surface area contributed by atoms with E-state index in [0.717, 1.165) is 0 Å². The molecule has 1 aliphatic rings. The van der Waals surface area contributed by atoms with Crippen LogP contribution >= 0.6 is 0 Å². The summed E-state index contributed by atoms with van der Waals surface area (Å²) < 4.78 is 0. The molecule has 5 amide bonds. The first-order valence-corrected chi connectivity index (χ1v) is 12.1. The number of carbonyl (C=O) groups excluding carboxylic acids is 5. The highest BCUT2D eigenvalue weighted by molar-refractivity contribution is 5.99. The van der Waals surface area contributed by atoms with Gasteiger partial charge in [0.15, 0.2) is 0 Å². The van der Waals surface area contributed by atoms with Gasteiger partial charge in [-0.2, -0.15) is 0 Å². The zero-order valence-electron chi connectivity index (χ0n) is 21.6. The van der Waals surface area contributed by atoms with E-state index in [-0.39, 0.29) is 17.5 Å². The van der Waals surface area contributed by atoms with Crippen LogP contribution in [0, 0.1) is 16.0 Å². The number of carbonyl (C=O) groups is 5. The van der Waals surface area contributed by atoms with Gasteiger partial charge in [0.05, 0.1) is 4.92 Å². The summed E-state index contributed by atoms with van der Waals surface area (Å²) in [5.41, 5.74) is 0.221. The van der Waals surface area contributed by atoms with Crippen LogP contribution in [0.1, 0.15) is 47.5 Å². The Kier molecular flexibility index (Phi) is 10.1. The lowest BCUT2D eigenvalue weighted by Gasteiger charge is -2.29. The molecule has 1 aromatic carbocycles. The van der Waals surface area contributed by atoms with Crippen LogP contribution in [0.5, 0.6) is 0 Å². The number of nitrogens with zero attached hydrogens (tertiary/aromatic N) is 2. The average molecular weight is 519 g/mol. The monoisotopic (exact) mass is 518 g/mol. The Morgan fingerprint density at radius 2 is 1.57 bits per heavy atom. The van der Waals surface area contributed by atoms with Gasteiger partial charge in [0.1, 0.15) is 24.2 Å². The Bertz CT molecular complexity index is 1040. The van der Waals surface area contributed by atoms with Gasteiger partial charge in [-0.25, -0.2) is 0 Å². The zero-order chi connectivity index (χ0) is 27.9. The lowest BCUT2D eigenvalue weighted by Crippen LogP contribution is -2.57. The molecule has 1 saturated heterocycles. The van der Waals surface area contributed by atoms with E-state index in [9.17, 15) is 34.1 Å². The van der Waals surface area contributed by atoms with E-state index in [1.807, 2.05) is 0 Å². The number of hydrogen-bond acceptors (Lipinski definition) is 7. The predicted molar refractivity (Wildman–Crippen MR) is 134 cm³/mol. The van der Waals surface area contributed by atoms with Gasteiger partial charge in [0, 0.05) is 31.3 Å². The second-order valence-corrected chi connectivity index (χ2v) is 9.37. The van der Waals surface area contributed by atoms with Crippen LogP contribution in [-0.4, -0.2) is 70.1 Å². The Labute approximate surface area is 214 Å². The van der Waals surface area contributed by atoms with Crippen LogP contribution in [0.25, 0.3) is 0 Å². The number of anilines is 1. The van der Waals surface area contributed by atoms with Crippen molar-refractivity contribution >= 4 is 40.9 Å². The highest BCUT2D eigenvalue weighted by Crippen LogP contribution is 2.20. The summed E-state index contributed by atoms with van der Waals surface area (Å²) >= 11 is 0. The second-order valence-electron chi connectivity index (χ2n) is 9.37. The molecule has 0 aromatic heterocycles. The molecule has 0 radical (unpaired) electrons. The Morgan fingerprint density at radius 3 is 2.11 bits per heavy atom. The molecule has 0 saturated carbocycles. The van der Waals surface area contributed by atoms with E-state index >= 15 is 0 Å². The van der Waals surface area contributed by atoms with Crippen LogP contribution in [-0.2, 0) is 24.0 Å². The molecule has 202 valence electrons. The number of likely N-dealkylation sites (tertiary alicyclic amines) is 1. The summed E-state index contributed by atoms with van der Waals surface area (Å²) in [5, 5.41) is 21.2. The van der Waals surface area contributed by atoms with E-state index in [1.54, 1.807) is 13.8 Å². The van der Waals surface area contributed by atoms with Gasteiger partial charge < -0.3 is 26.2 Å². The molecule has 0 bridgehead atoms. The molecule has 1 fully saturated rings. The van der Waals surface area contributed by atoms with Crippen molar-refractivity contribution in [3.8, 4) is 0 Å². The largest absolute Gasteiger partial charge is 0.345 e. The van der Waals surface area contributed by atoms with Gasteiger partial charge >= 0.3 is 0 Å². The number of nitro groups is 1. The molecule has 1 heterocycles. The van der Waals surface area contributed by atoms with E-state index < -0.39 is 52.7 Å². The predicted octanol–water partition coefficient (Wildman–Crippen LogP) is 0.694. The molecule has 1 aliphatic heterocycles. The maximum absolute atomic E-state index is 13.1.